The first-order chi connectivity index (χ1) is 10.1. The summed E-state index contributed by atoms with van der Waals surface area (Å²) in [5.41, 5.74) is 3.79. The first-order valence-electron chi connectivity index (χ1n) is 6.09. The minimum absolute atomic E-state index is 0.0349. The molecule has 0 aliphatic carbocycles. The molecule has 0 unspecified atom stereocenters. The van der Waals surface area contributed by atoms with E-state index in [2.05, 4.69) is 20.2 Å². The van der Waals surface area contributed by atoms with Crippen LogP contribution in [0.15, 0.2) is 47.7 Å². The van der Waals surface area contributed by atoms with Crippen LogP contribution in [0.4, 0.5) is 8.78 Å². The van der Waals surface area contributed by atoms with Crippen molar-refractivity contribution in [3.8, 4) is 5.75 Å². The van der Waals surface area contributed by atoms with Gasteiger partial charge in [0.05, 0.1) is 5.71 Å². The van der Waals surface area contributed by atoms with Crippen LogP contribution < -0.4 is 10.2 Å². The lowest BCUT2D eigenvalue weighted by molar-refractivity contribution is -0.0498. The van der Waals surface area contributed by atoms with Crippen molar-refractivity contribution in [1.82, 2.24) is 10.4 Å². The van der Waals surface area contributed by atoms with Crippen molar-refractivity contribution in [3.05, 3.63) is 53.9 Å². The maximum atomic E-state index is 12.2. The molecule has 21 heavy (non-hydrogen) atoms. The molecule has 2 rings (SSSR count). The third-order valence-electron chi connectivity index (χ3n) is 2.64. The molecule has 5 nitrogen and oxygen atoms in total. The molecule has 2 aromatic rings. The van der Waals surface area contributed by atoms with Crippen molar-refractivity contribution in [2.45, 2.75) is 13.5 Å². The Kier molecular flexibility index (Phi) is 4.65. The van der Waals surface area contributed by atoms with Crippen LogP contribution in [0.5, 0.6) is 5.75 Å². The number of carbonyl (C=O) groups excluding carboxylic acids is 1. The van der Waals surface area contributed by atoms with Gasteiger partial charge in [-0.2, -0.15) is 13.9 Å². The van der Waals surface area contributed by atoms with Gasteiger partial charge >= 0.3 is 6.61 Å². The summed E-state index contributed by atoms with van der Waals surface area (Å²) in [4.78, 5) is 14.4. The highest BCUT2D eigenvalue weighted by molar-refractivity contribution is 6.00. The number of amides is 1. The van der Waals surface area contributed by atoms with Crippen molar-refractivity contribution in [2.24, 2.45) is 5.10 Å². The van der Waals surface area contributed by atoms with E-state index < -0.39 is 6.61 Å². The molecule has 0 radical (unpaired) electrons. The molecule has 1 heterocycles. The average Bonchev–Trinajstić information content (AvgIpc) is 2.98. The van der Waals surface area contributed by atoms with Crippen LogP contribution in [0.2, 0.25) is 0 Å². The second-order valence-corrected chi connectivity index (χ2v) is 4.13. The van der Waals surface area contributed by atoms with E-state index in [0.29, 0.717) is 17.0 Å². The zero-order valence-corrected chi connectivity index (χ0v) is 11.1. The fourth-order valence-corrected chi connectivity index (χ4v) is 1.63. The van der Waals surface area contributed by atoms with Crippen LogP contribution in [-0.2, 0) is 0 Å². The van der Waals surface area contributed by atoms with E-state index in [-0.39, 0.29) is 11.7 Å². The molecule has 0 spiro atoms. The standard InChI is InChI=1S/C14H13F2N3O2/c1-9(18-19-13(20)12-6-3-7-17-12)10-4-2-5-11(8-10)21-14(15)16/h2-8,14,17H,1H3,(H,19,20)/b18-9-. The Morgan fingerprint density at radius 3 is 2.81 bits per heavy atom. The van der Waals surface area contributed by atoms with Crippen molar-refractivity contribution in [3.63, 3.8) is 0 Å². The summed E-state index contributed by atoms with van der Waals surface area (Å²) < 4.78 is 28.6. The zero-order valence-electron chi connectivity index (χ0n) is 11.1. The molecule has 0 aliphatic heterocycles. The van der Waals surface area contributed by atoms with Gasteiger partial charge in [-0.1, -0.05) is 12.1 Å². The van der Waals surface area contributed by atoms with Gasteiger partial charge in [-0.3, -0.25) is 4.79 Å². The van der Waals surface area contributed by atoms with E-state index >= 15 is 0 Å². The number of rotatable bonds is 5. The van der Waals surface area contributed by atoms with E-state index in [1.165, 1.54) is 12.1 Å². The fourth-order valence-electron chi connectivity index (χ4n) is 1.63. The molecule has 2 N–H and O–H groups in total. The quantitative estimate of drug-likeness (QED) is 0.657. The van der Waals surface area contributed by atoms with Crippen LogP contribution in [0.3, 0.4) is 0 Å². The Bertz CT molecular complexity index is 639. The average molecular weight is 293 g/mol. The van der Waals surface area contributed by atoms with E-state index in [0.717, 1.165) is 0 Å². The molecular weight excluding hydrogens is 280 g/mol. The number of H-pyrrole nitrogens is 1. The highest BCUT2D eigenvalue weighted by Crippen LogP contribution is 2.16. The number of aromatic nitrogens is 1. The number of hydrogen-bond donors (Lipinski definition) is 2. The number of aromatic amines is 1. The molecule has 0 atom stereocenters. The Labute approximate surface area is 119 Å². The molecular formula is C14H13F2N3O2. The van der Waals surface area contributed by atoms with Crippen molar-refractivity contribution in [2.75, 3.05) is 0 Å². The van der Waals surface area contributed by atoms with Gasteiger partial charge in [0.15, 0.2) is 0 Å². The monoisotopic (exact) mass is 293 g/mol. The Balaban J connectivity index is 2.07. The summed E-state index contributed by atoms with van der Waals surface area (Å²) in [7, 11) is 0. The summed E-state index contributed by atoms with van der Waals surface area (Å²) in [6, 6.07) is 9.39. The van der Waals surface area contributed by atoms with Crippen LogP contribution in [-0.4, -0.2) is 23.2 Å². The van der Waals surface area contributed by atoms with E-state index in [1.807, 2.05) is 0 Å². The number of nitrogens with one attached hydrogen (secondary N) is 2. The molecule has 0 bridgehead atoms. The highest BCUT2D eigenvalue weighted by Gasteiger charge is 2.07. The largest absolute Gasteiger partial charge is 0.435 e. The molecule has 7 heteroatoms. The number of hydrogen-bond acceptors (Lipinski definition) is 3. The molecule has 110 valence electrons. The number of ether oxygens (including phenoxy) is 1. The summed E-state index contributed by atoms with van der Waals surface area (Å²) in [6.07, 6.45) is 1.62. The number of hydrazone groups is 1. The lowest BCUT2D eigenvalue weighted by Crippen LogP contribution is -2.19. The lowest BCUT2D eigenvalue weighted by Gasteiger charge is -2.06. The maximum absolute atomic E-state index is 12.2. The van der Waals surface area contributed by atoms with Gasteiger partial charge < -0.3 is 9.72 Å². The molecule has 1 amide bonds. The van der Waals surface area contributed by atoms with Gasteiger partial charge in [0.2, 0.25) is 0 Å². The van der Waals surface area contributed by atoms with E-state index in [4.69, 9.17) is 0 Å². The van der Waals surface area contributed by atoms with Crippen molar-refractivity contribution in [1.29, 1.82) is 0 Å². The van der Waals surface area contributed by atoms with Crippen molar-refractivity contribution >= 4 is 11.6 Å². The van der Waals surface area contributed by atoms with Gasteiger partial charge in [0.25, 0.3) is 5.91 Å². The first-order valence-corrected chi connectivity index (χ1v) is 6.09. The van der Waals surface area contributed by atoms with Crippen molar-refractivity contribution < 1.29 is 18.3 Å². The Morgan fingerprint density at radius 1 is 1.33 bits per heavy atom. The predicted molar refractivity (Wildman–Crippen MR) is 73.5 cm³/mol. The van der Waals surface area contributed by atoms with Crippen LogP contribution in [0, 0.1) is 0 Å². The summed E-state index contributed by atoms with van der Waals surface area (Å²) in [6.45, 7) is -1.23. The van der Waals surface area contributed by atoms with Gasteiger partial charge in [-0.05, 0) is 31.2 Å². The number of nitrogens with zero attached hydrogens (tertiary/aromatic N) is 1. The van der Waals surface area contributed by atoms with Crippen LogP contribution >= 0.6 is 0 Å². The van der Waals surface area contributed by atoms with Gasteiger partial charge in [0, 0.05) is 11.8 Å². The van der Waals surface area contributed by atoms with Crippen LogP contribution in [0.1, 0.15) is 23.0 Å². The second-order valence-electron chi connectivity index (χ2n) is 4.13. The first kappa shape index (κ1) is 14.7. The number of benzene rings is 1. The molecule has 1 aromatic heterocycles. The van der Waals surface area contributed by atoms with Gasteiger partial charge in [0.1, 0.15) is 11.4 Å². The zero-order chi connectivity index (χ0) is 15.2. The van der Waals surface area contributed by atoms with E-state index in [9.17, 15) is 13.6 Å². The number of halogens is 2. The third-order valence-corrected chi connectivity index (χ3v) is 2.64. The maximum Gasteiger partial charge on any atom is 0.387 e. The molecule has 0 aliphatic rings. The minimum atomic E-state index is -2.88. The molecule has 1 aromatic carbocycles. The molecule has 0 fully saturated rings. The van der Waals surface area contributed by atoms with E-state index in [1.54, 1.807) is 37.4 Å². The second kappa shape index (κ2) is 6.65. The Morgan fingerprint density at radius 2 is 2.14 bits per heavy atom. The van der Waals surface area contributed by atoms with Crippen LogP contribution in [0.25, 0.3) is 0 Å². The normalized spacial score (nSPS) is 11.5. The fraction of sp³-hybridized carbons (Fsp3) is 0.143. The summed E-state index contributed by atoms with van der Waals surface area (Å²) in [5.74, 6) is -0.355. The SMILES string of the molecule is C/C(=N/NC(=O)c1ccc[nH]1)c1cccc(OC(F)F)c1. The molecule has 0 saturated carbocycles. The summed E-state index contributed by atoms with van der Waals surface area (Å²) in [5, 5.41) is 3.92. The number of carbonyl (C=O) groups is 1. The highest BCUT2D eigenvalue weighted by atomic mass is 19.3. The predicted octanol–water partition coefficient (Wildman–Crippen LogP) is 2.77. The lowest BCUT2D eigenvalue weighted by atomic mass is 10.1. The minimum Gasteiger partial charge on any atom is -0.435 e. The topological polar surface area (TPSA) is 66.5 Å². The number of alkyl halides is 2. The van der Waals surface area contributed by atoms with Gasteiger partial charge in [-0.25, -0.2) is 5.43 Å². The van der Waals surface area contributed by atoms with Gasteiger partial charge in [-0.15, -0.1) is 0 Å². The summed E-state index contributed by atoms with van der Waals surface area (Å²) >= 11 is 0. The Hall–Kier alpha value is -2.70. The smallest absolute Gasteiger partial charge is 0.387 e. The molecule has 0 saturated heterocycles. The third kappa shape index (κ3) is 4.13.